The van der Waals surface area contributed by atoms with Gasteiger partial charge in [0.2, 0.25) is 5.91 Å². The number of carbonyl (C=O) groups is 1. The molecule has 0 saturated carbocycles. The van der Waals surface area contributed by atoms with Crippen LogP contribution < -0.4 is 5.32 Å². The van der Waals surface area contributed by atoms with Crippen LogP contribution in [-0.4, -0.2) is 29.4 Å². The molecule has 1 N–H and O–H groups in total. The number of anilines is 1. The van der Waals surface area contributed by atoms with Crippen molar-refractivity contribution in [3.63, 3.8) is 0 Å². The highest BCUT2D eigenvalue weighted by Gasteiger charge is 2.15. The third kappa shape index (κ3) is 3.71. The lowest BCUT2D eigenvalue weighted by atomic mass is 10.2. The van der Waals surface area contributed by atoms with E-state index in [9.17, 15) is 9.18 Å². The fourth-order valence-electron chi connectivity index (χ4n) is 2.22. The molecule has 118 valence electrons. The van der Waals surface area contributed by atoms with Crippen molar-refractivity contribution in [2.24, 2.45) is 0 Å². The average molecular weight is 305 g/mol. The van der Waals surface area contributed by atoms with E-state index in [0.717, 1.165) is 5.69 Å². The molecule has 0 fully saturated rings. The molecule has 1 aromatic carbocycles. The summed E-state index contributed by atoms with van der Waals surface area (Å²) in [6, 6.07) is 6.59. The summed E-state index contributed by atoms with van der Waals surface area (Å²) >= 11 is 0. The van der Waals surface area contributed by atoms with Crippen LogP contribution in [-0.2, 0) is 16.1 Å². The number of aryl methyl sites for hydroxylation is 1. The average Bonchev–Trinajstić information content (AvgIpc) is 2.75. The van der Waals surface area contributed by atoms with E-state index in [-0.39, 0.29) is 18.1 Å². The van der Waals surface area contributed by atoms with Crippen molar-refractivity contribution >= 4 is 11.6 Å². The van der Waals surface area contributed by atoms with Gasteiger partial charge in [0, 0.05) is 12.7 Å². The fourth-order valence-corrected chi connectivity index (χ4v) is 2.22. The van der Waals surface area contributed by atoms with Crippen LogP contribution in [0.1, 0.15) is 23.4 Å². The first-order chi connectivity index (χ1) is 10.5. The number of nitrogens with one attached hydrogen (secondary N) is 1. The number of nitrogens with zero attached hydrogens (tertiary/aromatic N) is 2. The Morgan fingerprint density at radius 3 is 2.77 bits per heavy atom. The van der Waals surface area contributed by atoms with Crippen LogP contribution in [0.4, 0.5) is 10.1 Å². The number of rotatable bonds is 6. The van der Waals surface area contributed by atoms with E-state index in [1.807, 2.05) is 13.8 Å². The van der Waals surface area contributed by atoms with Crippen LogP contribution in [0.15, 0.2) is 24.3 Å². The van der Waals surface area contributed by atoms with Crippen molar-refractivity contribution in [1.82, 2.24) is 9.78 Å². The first-order valence-electron chi connectivity index (χ1n) is 7.09. The number of aromatic nitrogens is 2. The van der Waals surface area contributed by atoms with Gasteiger partial charge in [0.05, 0.1) is 36.6 Å². The lowest BCUT2D eigenvalue weighted by molar-refractivity contribution is -0.117. The number of carbonyl (C=O) groups excluding carboxylic acids is 1. The third-order valence-corrected chi connectivity index (χ3v) is 3.46. The summed E-state index contributed by atoms with van der Waals surface area (Å²) in [6.07, 6.45) is 0.286. The topological polar surface area (TPSA) is 56.1 Å². The standard InChI is InChI=1S/C16H20FN3O2/c1-11-16(18-15(21)8-9-22-3)12(2)20(19-11)10-13-6-4-5-7-14(13)17/h4-7H,8-10H2,1-3H3,(H,18,21). The maximum atomic E-state index is 13.7. The highest BCUT2D eigenvalue weighted by atomic mass is 19.1. The molecule has 0 aliphatic rings. The fraction of sp³-hybridized carbons (Fsp3) is 0.375. The summed E-state index contributed by atoms with van der Waals surface area (Å²) in [5.74, 6) is -0.390. The zero-order chi connectivity index (χ0) is 16.1. The molecule has 0 bridgehead atoms. The number of amides is 1. The monoisotopic (exact) mass is 305 g/mol. The second kappa shape index (κ2) is 7.17. The summed E-state index contributed by atoms with van der Waals surface area (Å²) < 4.78 is 20.3. The molecular weight excluding hydrogens is 285 g/mol. The molecule has 2 aromatic rings. The van der Waals surface area contributed by atoms with Crippen LogP contribution in [0.3, 0.4) is 0 Å². The number of methoxy groups -OCH3 is 1. The quantitative estimate of drug-likeness (QED) is 0.892. The minimum atomic E-state index is -0.263. The zero-order valence-electron chi connectivity index (χ0n) is 13.0. The van der Waals surface area contributed by atoms with Gasteiger partial charge < -0.3 is 10.1 Å². The Hall–Kier alpha value is -2.21. The van der Waals surface area contributed by atoms with Gasteiger partial charge in [0.1, 0.15) is 5.82 Å². The zero-order valence-corrected chi connectivity index (χ0v) is 13.0. The molecule has 0 unspecified atom stereocenters. The van der Waals surface area contributed by atoms with Crippen molar-refractivity contribution in [1.29, 1.82) is 0 Å². The summed E-state index contributed by atoms with van der Waals surface area (Å²) in [6.45, 7) is 4.37. The SMILES string of the molecule is COCCC(=O)Nc1c(C)nn(Cc2ccccc2F)c1C. The first kappa shape index (κ1) is 16.2. The molecule has 2 rings (SSSR count). The molecule has 0 atom stereocenters. The van der Waals surface area contributed by atoms with Crippen molar-refractivity contribution < 1.29 is 13.9 Å². The first-order valence-corrected chi connectivity index (χ1v) is 7.09. The Kier molecular flexibility index (Phi) is 5.27. The van der Waals surface area contributed by atoms with Gasteiger partial charge in [-0.1, -0.05) is 18.2 Å². The maximum Gasteiger partial charge on any atom is 0.226 e. The van der Waals surface area contributed by atoms with E-state index in [1.165, 1.54) is 6.07 Å². The van der Waals surface area contributed by atoms with Gasteiger partial charge in [-0.15, -0.1) is 0 Å². The smallest absolute Gasteiger partial charge is 0.226 e. The van der Waals surface area contributed by atoms with Gasteiger partial charge >= 0.3 is 0 Å². The van der Waals surface area contributed by atoms with Gasteiger partial charge in [0.15, 0.2) is 0 Å². The van der Waals surface area contributed by atoms with Gasteiger partial charge in [-0.2, -0.15) is 5.10 Å². The second-order valence-corrected chi connectivity index (χ2v) is 5.09. The predicted molar refractivity (Wildman–Crippen MR) is 82.3 cm³/mol. The van der Waals surface area contributed by atoms with Gasteiger partial charge in [0.25, 0.3) is 0 Å². The Balaban J connectivity index is 2.17. The molecule has 0 aliphatic carbocycles. The largest absolute Gasteiger partial charge is 0.384 e. The number of ether oxygens (including phenoxy) is 1. The van der Waals surface area contributed by atoms with E-state index in [1.54, 1.807) is 30.0 Å². The Labute approximate surface area is 129 Å². The normalized spacial score (nSPS) is 10.7. The van der Waals surface area contributed by atoms with Crippen molar-refractivity contribution in [2.75, 3.05) is 19.0 Å². The number of hydrogen-bond acceptors (Lipinski definition) is 3. The summed E-state index contributed by atoms with van der Waals surface area (Å²) in [4.78, 5) is 11.8. The molecule has 1 aromatic heterocycles. The lowest BCUT2D eigenvalue weighted by Crippen LogP contribution is -2.15. The Bertz CT molecular complexity index is 667. The molecule has 5 nitrogen and oxygen atoms in total. The molecule has 0 spiro atoms. The molecule has 1 heterocycles. The predicted octanol–water partition coefficient (Wildman–Crippen LogP) is 2.66. The molecule has 0 saturated heterocycles. The second-order valence-electron chi connectivity index (χ2n) is 5.09. The Morgan fingerprint density at radius 2 is 2.09 bits per heavy atom. The number of halogens is 1. The van der Waals surface area contributed by atoms with E-state index < -0.39 is 0 Å². The maximum absolute atomic E-state index is 13.7. The van der Waals surface area contributed by atoms with Crippen LogP contribution in [0, 0.1) is 19.7 Å². The minimum Gasteiger partial charge on any atom is -0.384 e. The molecule has 0 aliphatic heterocycles. The summed E-state index contributed by atoms with van der Waals surface area (Å²) in [5.41, 5.74) is 2.74. The number of hydrogen-bond donors (Lipinski definition) is 1. The highest BCUT2D eigenvalue weighted by molar-refractivity contribution is 5.91. The summed E-state index contributed by atoms with van der Waals surface area (Å²) in [7, 11) is 1.55. The van der Waals surface area contributed by atoms with E-state index in [0.29, 0.717) is 30.1 Å². The van der Waals surface area contributed by atoms with Gasteiger partial charge in [-0.25, -0.2) is 4.39 Å². The third-order valence-electron chi connectivity index (χ3n) is 3.46. The molecule has 6 heteroatoms. The van der Waals surface area contributed by atoms with Gasteiger partial charge in [-0.05, 0) is 19.9 Å². The van der Waals surface area contributed by atoms with Gasteiger partial charge in [-0.3, -0.25) is 9.48 Å². The number of benzene rings is 1. The van der Waals surface area contributed by atoms with E-state index in [2.05, 4.69) is 10.4 Å². The van der Waals surface area contributed by atoms with E-state index >= 15 is 0 Å². The summed E-state index contributed by atoms with van der Waals surface area (Å²) in [5, 5.41) is 7.22. The minimum absolute atomic E-state index is 0.126. The van der Waals surface area contributed by atoms with Crippen LogP contribution in [0.2, 0.25) is 0 Å². The molecule has 22 heavy (non-hydrogen) atoms. The molecule has 0 radical (unpaired) electrons. The van der Waals surface area contributed by atoms with Crippen LogP contribution in [0.25, 0.3) is 0 Å². The van der Waals surface area contributed by atoms with Crippen molar-refractivity contribution in [3.05, 3.63) is 47.0 Å². The van der Waals surface area contributed by atoms with Crippen molar-refractivity contribution in [3.8, 4) is 0 Å². The molecular formula is C16H20FN3O2. The van der Waals surface area contributed by atoms with Crippen LogP contribution in [0.5, 0.6) is 0 Å². The van der Waals surface area contributed by atoms with Crippen molar-refractivity contribution in [2.45, 2.75) is 26.8 Å². The van der Waals surface area contributed by atoms with E-state index in [4.69, 9.17) is 4.74 Å². The Morgan fingerprint density at radius 1 is 1.36 bits per heavy atom. The lowest BCUT2D eigenvalue weighted by Gasteiger charge is -2.08. The highest BCUT2D eigenvalue weighted by Crippen LogP contribution is 2.21. The van der Waals surface area contributed by atoms with Crippen LogP contribution >= 0.6 is 0 Å². The molecule has 1 amide bonds.